The van der Waals surface area contributed by atoms with Crippen LogP contribution in [0.5, 0.6) is 0 Å². The zero-order valence-corrected chi connectivity index (χ0v) is 14.1. The first-order valence-electron chi connectivity index (χ1n) is 7.92. The molecule has 0 aliphatic carbocycles. The van der Waals surface area contributed by atoms with E-state index in [4.69, 9.17) is 0 Å². The van der Waals surface area contributed by atoms with Gasteiger partial charge in [-0.05, 0) is 6.92 Å². The van der Waals surface area contributed by atoms with Crippen LogP contribution in [0.1, 0.15) is 19.7 Å². The summed E-state index contributed by atoms with van der Waals surface area (Å²) in [5.41, 5.74) is 0.0852. The smallest absolute Gasteiger partial charge is 0.353 e. The molecule has 4 heterocycles. The van der Waals surface area contributed by atoms with Gasteiger partial charge in [-0.1, -0.05) is 6.92 Å². The minimum Gasteiger partial charge on any atom is -0.477 e. The Morgan fingerprint density at radius 2 is 2.25 bits per heavy atom. The molecule has 24 heavy (non-hydrogen) atoms. The highest BCUT2D eigenvalue weighted by atomic mass is 32.2. The molecule has 0 spiro atoms. The van der Waals surface area contributed by atoms with Crippen LogP contribution in [0.2, 0.25) is 0 Å². The van der Waals surface area contributed by atoms with Crippen molar-refractivity contribution in [3.63, 3.8) is 0 Å². The molecule has 1 saturated heterocycles. The van der Waals surface area contributed by atoms with E-state index in [1.807, 2.05) is 11.5 Å². The number of hydrogen-bond acceptors (Lipinski definition) is 6. The molecule has 1 aromatic rings. The first-order valence-corrected chi connectivity index (χ1v) is 8.80. The van der Waals surface area contributed by atoms with Gasteiger partial charge in [0, 0.05) is 29.0 Å². The predicted octanol–water partition coefficient (Wildman–Crippen LogP) is 0.0897. The Morgan fingerprint density at radius 1 is 1.50 bits per heavy atom. The summed E-state index contributed by atoms with van der Waals surface area (Å²) >= 11 is 1.52. The number of aliphatic carboxylic acids is 1. The van der Waals surface area contributed by atoms with Crippen molar-refractivity contribution in [2.24, 2.45) is 11.8 Å². The van der Waals surface area contributed by atoms with Gasteiger partial charge in [0.25, 0.3) is 0 Å². The van der Waals surface area contributed by atoms with Gasteiger partial charge in [-0.2, -0.15) is 0 Å². The van der Waals surface area contributed by atoms with Crippen LogP contribution >= 0.6 is 11.8 Å². The average molecular weight is 350 g/mol. The number of carbonyl (C=O) groups is 2. The van der Waals surface area contributed by atoms with Crippen molar-refractivity contribution >= 4 is 23.6 Å². The Hall–Kier alpha value is -1.87. The lowest BCUT2D eigenvalue weighted by atomic mass is 9.79. The van der Waals surface area contributed by atoms with E-state index in [1.54, 1.807) is 13.3 Å². The molecule has 5 atom stereocenters. The quantitative estimate of drug-likeness (QED) is 0.741. The maximum absolute atomic E-state index is 12.3. The fraction of sp³-hybridized carbons (Fsp3) is 0.600. The van der Waals surface area contributed by atoms with E-state index in [2.05, 4.69) is 10.2 Å². The van der Waals surface area contributed by atoms with Crippen LogP contribution < -0.4 is 0 Å². The molecular formula is C15H18N4O4S. The first kappa shape index (κ1) is 15.6. The number of thioether (sulfide) groups is 1. The molecule has 9 heteroatoms. The number of fused-ring (bicyclic) bond motifs is 2. The van der Waals surface area contributed by atoms with Crippen molar-refractivity contribution in [1.29, 1.82) is 0 Å². The monoisotopic (exact) mass is 350 g/mol. The third-order valence-electron chi connectivity index (χ3n) is 5.11. The molecule has 3 aliphatic rings. The Morgan fingerprint density at radius 3 is 2.88 bits per heavy atom. The second-order valence-electron chi connectivity index (χ2n) is 6.62. The molecule has 0 saturated carbocycles. The van der Waals surface area contributed by atoms with Crippen LogP contribution in [-0.2, 0) is 22.6 Å². The van der Waals surface area contributed by atoms with Gasteiger partial charge in [0.2, 0.25) is 5.91 Å². The van der Waals surface area contributed by atoms with E-state index >= 15 is 0 Å². The van der Waals surface area contributed by atoms with Gasteiger partial charge in [0.15, 0.2) is 0 Å². The van der Waals surface area contributed by atoms with Gasteiger partial charge in [0.1, 0.15) is 17.8 Å². The number of carboxylic acid groups (broad SMARTS) is 1. The van der Waals surface area contributed by atoms with Gasteiger partial charge in [-0.25, -0.2) is 4.79 Å². The Bertz CT molecular complexity index is 738. The highest BCUT2D eigenvalue weighted by Crippen LogP contribution is 2.51. The van der Waals surface area contributed by atoms with Crippen LogP contribution in [-0.4, -0.2) is 59.1 Å². The lowest BCUT2D eigenvalue weighted by molar-refractivity contribution is -0.163. The molecular weight excluding hydrogens is 332 g/mol. The number of carbonyl (C=O) groups excluding carboxylic acids is 1. The van der Waals surface area contributed by atoms with Gasteiger partial charge in [0.05, 0.1) is 18.1 Å². The van der Waals surface area contributed by atoms with Crippen LogP contribution in [0.25, 0.3) is 0 Å². The van der Waals surface area contributed by atoms with Gasteiger partial charge < -0.3 is 19.7 Å². The minimum absolute atomic E-state index is 0.0852. The molecule has 2 N–H and O–H groups in total. The SMILES string of the molecule is CC(O)[C@H]1C(=O)N2C(C(=O)O)=C(SC3Cc4nncn4C3)[C@H](C)[C@H]12. The number of hydrogen-bond donors (Lipinski definition) is 2. The maximum atomic E-state index is 12.3. The Kier molecular flexibility index (Phi) is 3.47. The van der Waals surface area contributed by atoms with Crippen molar-refractivity contribution in [2.75, 3.05) is 0 Å². The van der Waals surface area contributed by atoms with Gasteiger partial charge in [-0.3, -0.25) is 4.79 Å². The fourth-order valence-corrected chi connectivity index (χ4v) is 5.49. The number of nitrogens with zero attached hydrogens (tertiary/aromatic N) is 4. The second kappa shape index (κ2) is 5.32. The molecule has 128 valence electrons. The van der Waals surface area contributed by atoms with E-state index < -0.39 is 18.0 Å². The summed E-state index contributed by atoms with van der Waals surface area (Å²) in [6.07, 6.45) is 1.63. The molecule has 1 amide bonds. The largest absolute Gasteiger partial charge is 0.477 e. The summed E-state index contributed by atoms with van der Waals surface area (Å²) in [6, 6.07) is -0.258. The van der Waals surface area contributed by atoms with E-state index in [9.17, 15) is 19.8 Å². The lowest BCUT2D eigenvalue weighted by Crippen LogP contribution is -2.63. The van der Waals surface area contributed by atoms with E-state index in [-0.39, 0.29) is 28.8 Å². The molecule has 2 unspecified atom stereocenters. The zero-order valence-electron chi connectivity index (χ0n) is 13.3. The van der Waals surface area contributed by atoms with E-state index in [0.717, 1.165) is 23.7 Å². The van der Waals surface area contributed by atoms with Gasteiger partial charge in [-0.15, -0.1) is 22.0 Å². The number of aromatic nitrogens is 3. The number of amides is 1. The number of rotatable bonds is 4. The number of aliphatic hydroxyl groups is 1. The third-order valence-corrected chi connectivity index (χ3v) is 6.58. The number of carboxylic acids is 1. The molecule has 0 radical (unpaired) electrons. The highest BCUT2D eigenvalue weighted by molar-refractivity contribution is 8.03. The first-order chi connectivity index (χ1) is 11.4. The molecule has 0 aromatic carbocycles. The second-order valence-corrected chi connectivity index (χ2v) is 7.96. The summed E-state index contributed by atoms with van der Waals surface area (Å²) in [5, 5.41) is 27.6. The number of β-lactam (4-membered cyclic amide) rings is 1. The van der Waals surface area contributed by atoms with Crippen LogP contribution in [0, 0.1) is 11.8 Å². The summed E-state index contributed by atoms with van der Waals surface area (Å²) in [4.78, 5) is 26.2. The van der Waals surface area contributed by atoms with Crippen molar-refractivity contribution in [1.82, 2.24) is 19.7 Å². The standard InChI is InChI=1S/C15H18N4O4S/c1-6-11-10(7(2)20)14(21)19(11)12(15(22)23)13(6)24-8-3-9-17-16-5-18(9)4-8/h5-8,10-11,20H,3-4H2,1-2H3,(H,22,23)/t6-,7?,8?,10-,11-/m1/s1. The Labute approximate surface area is 142 Å². The van der Waals surface area contributed by atoms with Crippen LogP contribution in [0.4, 0.5) is 0 Å². The molecule has 3 aliphatic heterocycles. The van der Waals surface area contributed by atoms with Crippen molar-refractivity contribution < 1.29 is 19.8 Å². The summed E-state index contributed by atoms with van der Waals surface area (Å²) in [6.45, 7) is 4.25. The summed E-state index contributed by atoms with van der Waals surface area (Å²) < 4.78 is 1.97. The molecule has 8 nitrogen and oxygen atoms in total. The molecule has 1 fully saturated rings. The predicted molar refractivity (Wildman–Crippen MR) is 84.7 cm³/mol. The average Bonchev–Trinajstić information content (AvgIpc) is 3.12. The van der Waals surface area contributed by atoms with Crippen molar-refractivity contribution in [3.8, 4) is 0 Å². The highest BCUT2D eigenvalue weighted by Gasteiger charge is 2.60. The van der Waals surface area contributed by atoms with Crippen molar-refractivity contribution in [2.45, 2.75) is 44.2 Å². The molecule has 0 bridgehead atoms. The third kappa shape index (κ3) is 2.04. The number of aliphatic hydroxyl groups excluding tert-OH is 1. The topological polar surface area (TPSA) is 109 Å². The minimum atomic E-state index is -1.08. The lowest BCUT2D eigenvalue weighted by Gasteiger charge is -2.46. The molecule has 1 aromatic heterocycles. The van der Waals surface area contributed by atoms with Crippen molar-refractivity contribution in [3.05, 3.63) is 22.8 Å². The van der Waals surface area contributed by atoms with E-state index in [0.29, 0.717) is 0 Å². The van der Waals surface area contributed by atoms with Crippen LogP contribution in [0.3, 0.4) is 0 Å². The summed E-state index contributed by atoms with van der Waals surface area (Å²) in [5.74, 6) is -1.09. The van der Waals surface area contributed by atoms with E-state index in [1.165, 1.54) is 16.7 Å². The summed E-state index contributed by atoms with van der Waals surface area (Å²) in [7, 11) is 0. The normalized spacial score (nSPS) is 32.6. The van der Waals surface area contributed by atoms with Crippen LogP contribution in [0.15, 0.2) is 16.9 Å². The maximum Gasteiger partial charge on any atom is 0.353 e. The fourth-order valence-electron chi connectivity index (χ4n) is 4.01. The Balaban J connectivity index is 1.61. The van der Waals surface area contributed by atoms with Gasteiger partial charge >= 0.3 is 5.97 Å². The zero-order chi connectivity index (χ0) is 17.2. The molecule has 4 rings (SSSR count).